The van der Waals surface area contributed by atoms with Gasteiger partial charge in [0.1, 0.15) is 11.6 Å². The molecule has 0 aliphatic carbocycles. The summed E-state index contributed by atoms with van der Waals surface area (Å²) in [6.07, 6.45) is 0. The Morgan fingerprint density at radius 2 is 1.91 bits per heavy atom. The predicted octanol–water partition coefficient (Wildman–Crippen LogP) is 1.94. The monoisotopic (exact) mass is 301 g/mol. The largest absolute Gasteiger partial charge is 0.506 e. The minimum atomic E-state index is -0.370. The topological polar surface area (TPSA) is 73.4 Å². The molecule has 1 saturated heterocycles. The van der Waals surface area contributed by atoms with E-state index in [9.17, 15) is 14.3 Å². The number of halogens is 1. The van der Waals surface area contributed by atoms with E-state index >= 15 is 0 Å². The molecule has 3 rings (SSSR count). The third kappa shape index (κ3) is 2.93. The fourth-order valence-electron chi connectivity index (χ4n) is 2.53. The lowest BCUT2D eigenvalue weighted by Crippen LogP contribution is -2.29. The normalized spacial score (nSPS) is 20.8. The van der Waals surface area contributed by atoms with Gasteiger partial charge in [-0.3, -0.25) is 10.2 Å². The van der Waals surface area contributed by atoms with Crippen molar-refractivity contribution in [3.8, 4) is 5.75 Å². The van der Waals surface area contributed by atoms with E-state index in [-0.39, 0.29) is 29.4 Å². The first-order valence-corrected chi connectivity index (χ1v) is 6.98. The molecule has 0 aromatic heterocycles. The van der Waals surface area contributed by atoms with Gasteiger partial charge in [0, 0.05) is 6.54 Å². The summed E-state index contributed by atoms with van der Waals surface area (Å²) in [5.41, 5.74) is 7.17. The molecule has 114 valence electrons. The van der Waals surface area contributed by atoms with Crippen LogP contribution in [0, 0.1) is 11.7 Å². The summed E-state index contributed by atoms with van der Waals surface area (Å²) in [6, 6.07) is 12.4. The third-order valence-corrected chi connectivity index (χ3v) is 3.71. The molecule has 2 aromatic carbocycles. The van der Waals surface area contributed by atoms with Crippen molar-refractivity contribution < 1.29 is 14.3 Å². The van der Waals surface area contributed by atoms with E-state index in [1.165, 1.54) is 18.2 Å². The fourth-order valence-corrected chi connectivity index (χ4v) is 2.53. The number of para-hydroxylation sites is 2. The van der Waals surface area contributed by atoms with Crippen molar-refractivity contribution in [2.75, 3.05) is 11.9 Å². The molecule has 1 heterocycles. The van der Waals surface area contributed by atoms with Gasteiger partial charge in [-0.05, 0) is 29.8 Å². The number of hydrogen-bond acceptors (Lipinski definition) is 4. The summed E-state index contributed by atoms with van der Waals surface area (Å²) in [7, 11) is 0. The van der Waals surface area contributed by atoms with Crippen LogP contribution in [0.5, 0.6) is 5.75 Å². The highest BCUT2D eigenvalue weighted by Gasteiger charge is 2.34. The second kappa shape index (κ2) is 6.13. The van der Waals surface area contributed by atoms with Gasteiger partial charge in [0.05, 0.1) is 17.6 Å². The summed E-state index contributed by atoms with van der Waals surface area (Å²) < 4.78 is 13.0. The van der Waals surface area contributed by atoms with Crippen LogP contribution in [0.4, 0.5) is 10.1 Å². The molecule has 2 aromatic rings. The molecule has 0 radical (unpaired) electrons. The third-order valence-electron chi connectivity index (χ3n) is 3.71. The summed E-state index contributed by atoms with van der Waals surface area (Å²) in [6.45, 7) is 0.446. The Morgan fingerprint density at radius 1 is 1.18 bits per heavy atom. The zero-order valence-electron chi connectivity index (χ0n) is 11.7. The van der Waals surface area contributed by atoms with Crippen molar-refractivity contribution in [2.24, 2.45) is 5.92 Å². The molecule has 2 unspecified atom stereocenters. The maximum atomic E-state index is 13.0. The van der Waals surface area contributed by atoms with Crippen molar-refractivity contribution in [3.05, 3.63) is 59.9 Å². The molecule has 1 amide bonds. The standard InChI is InChI=1S/C16H16FN3O2/c17-11-7-5-10(6-8-11)15-12(9-18-20-15)16(22)19-13-3-1-2-4-14(13)21/h1-8,12,15,18,20-21H,9H2,(H,19,22). The maximum Gasteiger partial charge on any atom is 0.230 e. The fraction of sp³-hybridized carbons (Fsp3) is 0.188. The van der Waals surface area contributed by atoms with Gasteiger partial charge in [-0.15, -0.1) is 0 Å². The van der Waals surface area contributed by atoms with E-state index in [0.717, 1.165) is 5.56 Å². The lowest BCUT2D eigenvalue weighted by molar-refractivity contribution is -0.119. The number of nitrogens with one attached hydrogen (secondary N) is 3. The number of benzene rings is 2. The molecule has 22 heavy (non-hydrogen) atoms. The molecule has 1 aliphatic rings. The zero-order chi connectivity index (χ0) is 15.5. The van der Waals surface area contributed by atoms with Gasteiger partial charge in [0.2, 0.25) is 5.91 Å². The van der Waals surface area contributed by atoms with Crippen LogP contribution in [-0.4, -0.2) is 17.6 Å². The number of aromatic hydroxyl groups is 1. The van der Waals surface area contributed by atoms with Crippen LogP contribution in [0.2, 0.25) is 0 Å². The summed E-state index contributed by atoms with van der Waals surface area (Å²) in [5.74, 6) is -0.878. The van der Waals surface area contributed by atoms with E-state index in [0.29, 0.717) is 12.2 Å². The van der Waals surface area contributed by atoms with Gasteiger partial charge in [-0.25, -0.2) is 9.82 Å². The summed E-state index contributed by atoms with van der Waals surface area (Å²) >= 11 is 0. The van der Waals surface area contributed by atoms with Crippen molar-refractivity contribution in [3.63, 3.8) is 0 Å². The number of rotatable bonds is 3. The molecule has 0 saturated carbocycles. The molecular weight excluding hydrogens is 285 g/mol. The summed E-state index contributed by atoms with van der Waals surface area (Å²) in [4.78, 5) is 12.4. The van der Waals surface area contributed by atoms with E-state index in [1.54, 1.807) is 30.3 Å². The Morgan fingerprint density at radius 3 is 2.64 bits per heavy atom. The second-order valence-corrected chi connectivity index (χ2v) is 5.17. The Kier molecular flexibility index (Phi) is 4.04. The first-order chi connectivity index (χ1) is 10.6. The zero-order valence-corrected chi connectivity index (χ0v) is 11.7. The number of phenolic OH excluding ortho intramolecular Hbond substituents is 1. The van der Waals surface area contributed by atoms with Crippen molar-refractivity contribution in [2.45, 2.75) is 6.04 Å². The first-order valence-electron chi connectivity index (χ1n) is 6.98. The molecule has 1 aliphatic heterocycles. The lowest BCUT2D eigenvalue weighted by Gasteiger charge is -2.18. The molecular formula is C16H16FN3O2. The molecule has 1 fully saturated rings. The number of phenols is 1. The Bertz CT molecular complexity index is 675. The first kappa shape index (κ1) is 14.5. The van der Waals surface area contributed by atoms with Gasteiger partial charge in [-0.2, -0.15) is 0 Å². The van der Waals surface area contributed by atoms with Crippen LogP contribution in [0.1, 0.15) is 11.6 Å². The van der Waals surface area contributed by atoms with Gasteiger partial charge in [-0.1, -0.05) is 24.3 Å². The van der Waals surface area contributed by atoms with Crippen molar-refractivity contribution >= 4 is 11.6 Å². The predicted molar refractivity (Wildman–Crippen MR) is 80.5 cm³/mol. The van der Waals surface area contributed by atoms with Gasteiger partial charge >= 0.3 is 0 Å². The van der Waals surface area contributed by atoms with Gasteiger partial charge in [0.25, 0.3) is 0 Å². The second-order valence-electron chi connectivity index (χ2n) is 5.17. The van der Waals surface area contributed by atoms with Crippen LogP contribution in [0.25, 0.3) is 0 Å². The highest BCUT2D eigenvalue weighted by molar-refractivity contribution is 5.94. The van der Waals surface area contributed by atoms with Gasteiger partial charge < -0.3 is 10.4 Å². The van der Waals surface area contributed by atoms with E-state index in [4.69, 9.17) is 0 Å². The minimum absolute atomic E-state index is 0.0214. The average Bonchev–Trinajstić information content (AvgIpc) is 3.00. The molecule has 4 N–H and O–H groups in total. The maximum absolute atomic E-state index is 13.0. The smallest absolute Gasteiger partial charge is 0.230 e. The SMILES string of the molecule is O=C(Nc1ccccc1O)C1CNNC1c1ccc(F)cc1. The molecule has 0 spiro atoms. The van der Waals surface area contributed by atoms with Crippen LogP contribution >= 0.6 is 0 Å². The molecule has 5 nitrogen and oxygen atoms in total. The minimum Gasteiger partial charge on any atom is -0.506 e. The highest BCUT2D eigenvalue weighted by Crippen LogP contribution is 2.28. The molecule has 2 atom stereocenters. The number of carbonyl (C=O) groups is 1. The molecule has 6 heteroatoms. The van der Waals surface area contributed by atoms with Crippen LogP contribution < -0.4 is 16.2 Å². The Balaban J connectivity index is 1.76. The van der Waals surface area contributed by atoms with Crippen molar-refractivity contribution in [1.29, 1.82) is 0 Å². The van der Waals surface area contributed by atoms with Crippen LogP contribution in [0.15, 0.2) is 48.5 Å². The van der Waals surface area contributed by atoms with E-state index in [1.807, 2.05) is 0 Å². The number of anilines is 1. The van der Waals surface area contributed by atoms with Crippen LogP contribution in [-0.2, 0) is 4.79 Å². The number of hydrazine groups is 1. The molecule has 0 bridgehead atoms. The summed E-state index contributed by atoms with van der Waals surface area (Å²) in [5, 5.41) is 12.4. The highest BCUT2D eigenvalue weighted by atomic mass is 19.1. The number of amides is 1. The number of carbonyl (C=O) groups excluding carboxylic acids is 1. The Labute approximate surface area is 127 Å². The van der Waals surface area contributed by atoms with Gasteiger partial charge in [0.15, 0.2) is 0 Å². The average molecular weight is 301 g/mol. The van der Waals surface area contributed by atoms with Crippen LogP contribution in [0.3, 0.4) is 0 Å². The van der Waals surface area contributed by atoms with E-state index in [2.05, 4.69) is 16.2 Å². The number of hydrogen-bond donors (Lipinski definition) is 4. The Hall–Kier alpha value is -2.44. The quantitative estimate of drug-likeness (QED) is 0.654. The van der Waals surface area contributed by atoms with Crippen molar-refractivity contribution in [1.82, 2.24) is 10.9 Å². The van der Waals surface area contributed by atoms with E-state index < -0.39 is 0 Å². The lowest BCUT2D eigenvalue weighted by atomic mass is 9.94.